The molecule has 0 spiro atoms. The third-order valence-electron chi connectivity index (χ3n) is 2.16. The minimum atomic E-state index is -0.328. The Labute approximate surface area is 94.7 Å². The van der Waals surface area contributed by atoms with E-state index in [0.29, 0.717) is 23.4 Å². The molecule has 0 aliphatic rings. The normalized spacial score (nSPS) is 11.0. The Kier molecular flexibility index (Phi) is 4.95. The summed E-state index contributed by atoms with van der Waals surface area (Å²) in [5.41, 5.74) is 6.24. The molecule has 3 nitrogen and oxygen atoms in total. The summed E-state index contributed by atoms with van der Waals surface area (Å²) in [6, 6.07) is 3.37. The van der Waals surface area contributed by atoms with Crippen LogP contribution in [-0.4, -0.2) is 20.8 Å². The lowest BCUT2D eigenvalue weighted by atomic mass is 10.1. The third-order valence-corrected chi connectivity index (χ3v) is 2.16. The van der Waals surface area contributed by atoms with E-state index in [4.69, 9.17) is 15.2 Å². The van der Waals surface area contributed by atoms with E-state index >= 15 is 0 Å². The van der Waals surface area contributed by atoms with Crippen LogP contribution in [0.3, 0.4) is 0 Å². The van der Waals surface area contributed by atoms with Crippen LogP contribution in [0.15, 0.2) is 18.2 Å². The van der Waals surface area contributed by atoms with Crippen molar-refractivity contribution in [2.45, 2.75) is 6.61 Å². The zero-order valence-electron chi connectivity index (χ0n) is 9.50. The molecule has 0 aliphatic carbocycles. The number of benzene rings is 1. The maximum atomic E-state index is 14.0. The van der Waals surface area contributed by atoms with Gasteiger partial charge in [0.2, 0.25) is 0 Å². The third kappa shape index (κ3) is 2.81. The zero-order valence-corrected chi connectivity index (χ0v) is 9.50. The van der Waals surface area contributed by atoms with Crippen LogP contribution in [-0.2, 0) is 11.3 Å². The van der Waals surface area contributed by atoms with Gasteiger partial charge >= 0.3 is 0 Å². The molecule has 16 heavy (non-hydrogen) atoms. The van der Waals surface area contributed by atoms with Crippen LogP contribution in [0.5, 0.6) is 5.75 Å². The fraction of sp³-hybridized carbons (Fsp3) is 0.333. The van der Waals surface area contributed by atoms with E-state index in [1.165, 1.54) is 14.2 Å². The first-order chi connectivity index (χ1) is 7.74. The summed E-state index contributed by atoms with van der Waals surface area (Å²) in [7, 11) is 3.03. The number of ether oxygens (including phenoxy) is 2. The van der Waals surface area contributed by atoms with Gasteiger partial charge in [0.1, 0.15) is 11.6 Å². The molecular formula is C12H16FNO2. The van der Waals surface area contributed by atoms with Crippen LogP contribution in [0, 0.1) is 5.82 Å². The van der Waals surface area contributed by atoms with Crippen molar-refractivity contribution in [2.24, 2.45) is 5.73 Å². The van der Waals surface area contributed by atoms with Gasteiger partial charge in [-0.15, -0.1) is 0 Å². The summed E-state index contributed by atoms with van der Waals surface area (Å²) in [5.74, 6) is 0.160. The summed E-state index contributed by atoms with van der Waals surface area (Å²) in [5, 5.41) is 0. The van der Waals surface area contributed by atoms with E-state index in [0.717, 1.165) is 0 Å². The lowest BCUT2D eigenvalue weighted by Gasteiger charge is -2.09. The van der Waals surface area contributed by atoms with Gasteiger partial charge in [0.05, 0.1) is 19.3 Å². The average Bonchev–Trinajstić information content (AvgIpc) is 2.30. The van der Waals surface area contributed by atoms with Crippen molar-refractivity contribution in [2.75, 3.05) is 20.8 Å². The zero-order chi connectivity index (χ0) is 12.0. The van der Waals surface area contributed by atoms with Crippen LogP contribution in [0.4, 0.5) is 4.39 Å². The molecule has 0 unspecified atom stereocenters. The van der Waals surface area contributed by atoms with Crippen molar-refractivity contribution in [3.63, 3.8) is 0 Å². The monoisotopic (exact) mass is 225 g/mol. The van der Waals surface area contributed by atoms with Gasteiger partial charge in [0.25, 0.3) is 0 Å². The Bertz CT molecular complexity index is 378. The fourth-order valence-corrected chi connectivity index (χ4v) is 1.41. The number of hydrogen-bond acceptors (Lipinski definition) is 3. The topological polar surface area (TPSA) is 44.5 Å². The van der Waals surface area contributed by atoms with Crippen molar-refractivity contribution in [1.82, 2.24) is 0 Å². The average molecular weight is 225 g/mol. The highest BCUT2D eigenvalue weighted by Gasteiger charge is 2.11. The fourth-order valence-electron chi connectivity index (χ4n) is 1.41. The van der Waals surface area contributed by atoms with Gasteiger partial charge in [0, 0.05) is 19.2 Å². The molecule has 1 aromatic rings. The number of rotatable bonds is 5. The largest absolute Gasteiger partial charge is 0.496 e. The van der Waals surface area contributed by atoms with Gasteiger partial charge in [-0.05, 0) is 6.07 Å². The molecule has 1 aromatic carbocycles. The van der Waals surface area contributed by atoms with Crippen LogP contribution >= 0.6 is 0 Å². The molecular weight excluding hydrogens is 209 g/mol. The van der Waals surface area contributed by atoms with Gasteiger partial charge in [0.15, 0.2) is 0 Å². The molecule has 0 saturated heterocycles. The van der Waals surface area contributed by atoms with Gasteiger partial charge in [-0.25, -0.2) is 4.39 Å². The van der Waals surface area contributed by atoms with E-state index in [1.54, 1.807) is 24.3 Å². The Morgan fingerprint density at radius 2 is 2.12 bits per heavy atom. The molecule has 88 valence electrons. The molecule has 1 rings (SSSR count). The minimum absolute atomic E-state index is 0.235. The molecule has 0 saturated carbocycles. The second-order valence-electron chi connectivity index (χ2n) is 3.23. The predicted molar refractivity (Wildman–Crippen MR) is 61.8 cm³/mol. The highest BCUT2D eigenvalue weighted by Crippen LogP contribution is 2.26. The van der Waals surface area contributed by atoms with Crippen molar-refractivity contribution >= 4 is 6.08 Å². The first kappa shape index (κ1) is 12.7. The quantitative estimate of drug-likeness (QED) is 0.833. The second kappa shape index (κ2) is 6.25. The van der Waals surface area contributed by atoms with E-state index in [9.17, 15) is 4.39 Å². The lowest BCUT2D eigenvalue weighted by molar-refractivity contribution is 0.181. The summed E-state index contributed by atoms with van der Waals surface area (Å²) in [6.45, 7) is 0.594. The molecule has 0 atom stereocenters. The molecule has 2 N–H and O–H groups in total. The van der Waals surface area contributed by atoms with Gasteiger partial charge in [-0.3, -0.25) is 0 Å². The van der Waals surface area contributed by atoms with Crippen molar-refractivity contribution in [3.8, 4) is 5.75 Å². The van der Waals surface area contributed by atoms with Crippen molar-refractivity contribution in [3.05, 3.63) is 35.2 Å². The molecule has 0 bridgehead atoms. The predicted octanol–water partition coefficient (Wildman–Crippen LogP) is 1.95. The molecule has 0 radical (unpaired) electrons. The Hall–Kier alpha value is -1.39. The maximum Gasteiger partial charge on any atom is 0.139 e. The second-order valence-corrected chi connectivity index (χ2v) is 3.23. The molecule has 0 fully saturated rings. The van der Waals surface area contributed by atoms with Crippen molar-refractivity contribution in [1.29, 1.82) is 0 Å². The van der Waals surface area contributed by atoms with Gasteiger partial charge in [-0.1, -0.05) is 18.2 Å². The molecule has 4 heteroatoms. The summed E-state index contributed by atoms with van der Waals surface area (Å²) < 4.78 is 24.0. The summed E-state index contributed by atoms with van der Waals surface area (Å²) >= 11 is 0. The number of methoxy groups -OCH3 is 2. The summed E-state index contributed by atoms with van der Waals surface area (Å²) in [6.07, 6.45) is 3.30. The van der Waals surface area contributed by atoms with Crippen LogP contribution in [0.25, 0.3) is 6.08 Å². The van der Waals surface area contributed by atoms with Gasteiger partial charge in [-0.2, -0.15) is 0 Å². The highest BCUT2D eigenvalue weighted by atomic mass is 19.1. The van der Waals surface area contributed by atoms with E-state index in [1.807, 2.05) is 0 Å². The maximum absolute atomic E-state index is 14.0. The van der Waals surface area contributed by atoms with Crippen molar-refractivity contribution < 1.29 is 13.9 Å². The van der Waals surface area contributed by atoms with E-state index < -0.39 is 0 Å². The number of nitrogens with two attached hydrogens (primary N) is 1. The Morgan fingerprint density at radius 3 is 2.69 bits per heavy atom. The smallest absolute Gasteiger partial charge is 0.139 e. The number of hydrogen-bond donors (Lipinski definition) is 1. The molecule has 0 aromatic heterocycles. The standard InChI is InChI=1S/C12H16FNO2/c1-15-8-9-5-6-11(16-2)10(12(9)13)4-3-7-14/h3-6H,7-8,14H2,1-2H3/b4-3+. The first-order valence-electron chi connectivity index (χ1n) is 4.95. The molecule has 0 heterocycles. The van der Waals surface area contributed by atoms with E-state index in [2.05, 4.69) is 0 Å². The Balaban J connectivity index is 3.17. The summed E-state index contributed by atoms with van der Waals surface area (Å²) in [4.78, 5) is 0. The van der Waals surface area contributed by atoms with Crippen LogP contribution < -0.4 is 10.5 Å². The van der Waals surface area contributed by atoms with Gasteiger partial charge < -0.3 is 15.2 Å². The van der Waals surface area contributed by atoms with Crippen LogP contribution in [0.2, 0.25) is 0 Å². The number of halogens is 1. The highest BCUT2D eigenvalue weighted by molar-refractivity contribution is 5.59. The Morgan fingerprint density at radius 1 is 1.38 bits per heavy atom. The van der Waals surface area contributed by atoms with E-state index in [-0.39, 0.29) is 12.4 Å². The lowest BCUT2D eigenvalue weighted by Crippen LogP contribution is -1.99. The SMILES string of the molecule is COCc1ccc(OC)c(/C=C/CN)c1F. The molecule has 0 amide bonds. The molecule has 0 aliphatic heterocycles. The van der Waals surface area contributed by atoms with Crippen LogP contribution in [0.1, 0.15) is 11.1 Å². The minimum Gasteiger partial charge on any atom is -0.496 e. The first-order valence-corrected chi connectivity index (χ1v) is 4.95.